The fourth-order valence-corrected chi connectivity index (χ4v) is 2.22. The molecule has 1 aliphatic rings. The van der Waals surface area contributed by atoms with Crippen molar-refractivity contribution >= 4 is 21.8 Å². The molecular formula is C13H15BrFNO3. The summed E-state index contributed by atoms with van der Waals surface area (Å²) in [5.41, 5.74) is 0. The fourth-order valence-electron chi connectivity index (χ4n) is 1.86. The van der Waals surface area contributed by atoms with E-state index >= 15 is 0 Å². The Morgan fingerprint density at radius 2 is 2.42 bits per heavy atom. The summed E-state index contributed by atoms with van der Waals surface area (Å²) in [5.74, 6) is -0.188. The molecule has 19 heavy (non-hydrogen) atoms. The Balaban J connectivity index is 1.91. The third-order valence-corrected chi connectivity index (χ3v) is 3.49. The van der Waals surface area contributed by atoms with Gasteiger partial charge < -0.3 is 14.4 Å². The van der Waals surface area contributed by atoms with Gasteiger partial charge in [-0.1, -0.05) is 0 Å². The smallest absolute Gasteiger partial charge is 0.260 e. The van der Waals surface area contributed by atoms with Crippen LogP contribution < -0.4 is 4.74 Å². The van der Waals surface area contributed by atoms with Gasteiger partial charge in [0, 0.05) is 19.2 Å². The maximum absolute atomic E-state index is 13.1. The Hall–Kier alpha value is -1.14. The summed E-state index contributed by atoms with van der Waals surface area (Å²) in [7, 11) is 0. The van der Waals surface area contributed by atoms with Gasteiger partial charge in [-0.15, -0.1) is 0 Å². The molecule has 0 radical (unpaired) electrons. The fraction of sp³-hybridized carbons (Fsp3) is 0.462. The highest BCUT2D eigenvalue weighted by Crippen LogP contribution is 2.25. The number of carbonyl (C=O) groups is 1. The Morgan fingerprint density at radius 3 is 3.16 bits per heavy atom. The highest BCUT2D eigenvalue weighted by atomic mass is 79.9. The van der Waals surface area contributed by atoms with Crippen LogP contribution in [0, 0.1) is 5.82 Å². The zero-order valence-corrected chi connectivity index (χ0v) is 12.2. The van der Waals surface area contributed by atoms with Crippen LogP contribution in [0.2, 0.25) is 0 Å². The van der Waals surface area contributed by atoms with Gasteiger partial charge in [0.1, 0.15) is 11.6 Å². The van der Waals surface area contributed by atoms with Crippen LogP contribution in [0.1, 0.15) is 6.92 Å². The molecule has 1 aliphatic heterocycles. The van der Waals surface area contributed by atoms with Gasteiger partial charge in [0.25, 0.3) is 5.91 Å². The molecule has 1 unspecified atom stereocenters. The van der Waals surface area contributed by atoms with Gasteiger partial charge in [-0.05, 0) is 35.0 Å². The molecule has 1 fully saturated rings. The number of carbonyl (C=O) groups excluding carboxylic acids is 1. The number of hydrogen-bond acceptors (Lipinski definition) is 3. The second-order valence-corrected chi connectivity index (χ2v) is 5.24. The SMILES string of the molecule is CC1CN(C(=O)COc2cc(F)ccc2Br)CCO1. The molecule has 4 nitrogen and oxygen atoms in total. The van der Waals surface area contributed by atoms with Gasteiger partial charge in [0.15, 0.2) is 6.61 Å². The molecule has 0 saturated carbocycles. The third kappa shape index (κ3) is 3.91. The largest absolute Gasteiger partial charge is 0.482 e. The first-order valence-corrected chi connectivity index (χ1v) is 6.83. The lowest BCUT2D eigenvalue weighted by molar-refractivity contribution is -0.140. The molecule has 1 heterocycles. The lowest BCUT2D eigenvalue weighted by atomic mass is 10.3. The average molecular weight is 332 g/mol. The van der Waals surface area contributed by atoms with E-state index in [1.165, 1.54) is 12.1 Å². The molecule has 0 spiro atoms. The van der Waals surface area contributed by atoms with Gasteiger partial charge in [0.05, 0.1) is 17.2 Å². The maximum Gasteiger partial charge on any atom is 0.260 e. The van der Waals surface area contributed by atoms with E-state index in [4.69, 9.17) is 9.47 Å². The molecule has 0 aliphatic carbocycles. The Bertz CT molecular complexity index is 469. The highest BCUT2D eigenvalue weighted by Gasteiger charge is 2.21. The first kappa shape index (κ1) is 14.3. The van der Waals surface area contributed by atoms with E-state index < -0.39 is 5.82 Å². The second-order valence-electron chi connectivity index (χ2n) is 4.38. The van der Waals surface area contributed by atoms with Crippen LogP contribution >= 0.6 is 15.9 Å². The Labute approximate surface area is 119 Å². The predicted octanol–water partition coefficient (Wildman–Crippen LogP) is 2.21. The summed E-state index contributed by atoms with van der Waals surface area (Å²) < 4.78 is 24.4. The molecule has 104 valence electrons. The van der Waals surface area contributed by atoms with Crippen LogP contribution in [0.25, 0.3) is 0 Å². The number of benzene rings is 1. The van der Waals surface area contributed by atoms with Gasteiger partial charge in [-0.2, -0.15) is 0 Å². The van der Waals surface area contributed by atoms with Crippen molar-refractivity contribution in [3.63, 3.8) is 0 Å². The number of amides is 1. The van der Waals surface area contributed by atoms with E-state index in [0.29, 0.717) is 29.9 Å². The molecule has 1 atom stereocenters. The summed E-state index contributed by atoms with van der Waals surface area (Å²) in [4.78, 5) is 13.6. The Kier molecular flexibility index (Phi) is 4.76. The van der Waals surface area contributed by atoms with Crippen molar-refractivity contribution in [3.8, 4) is 5.75 Å². The van der Waals surface area contributed by atoms with E-state index in [-0.39, 0.29) is 18.6 Å². The quantitative estimate of drug-likeness (QED) is 0.852. The van der Waals surface area contributed by atoms with Crippen LogP contribution in [0.3, 0.4) is 0 Å². The summed E-state index contributed by atoms with van der Waals surface area (Å²) in [6.07, 6.45) is 0.0404. The van der Waals surface area contributed by atoms with Crippen molar-refractivity contribution in [2.75, 3.05) is 26.3 Å². The van der Waals surface area contributed by atoms with Crippen LogP contribution in [0.15, 0.2) is 22.7 Å². The molecule has 1 aromatic rings. The number of morpholine rings is 1. The third-order valence-electron chi connectivity index (χ3n) is 2.84. The van der Waals surface area contributed by atoms with E-state index in [9.17, 15) is 9.18 Å². The molecule has 0 bridgehead atoms. The van der Waals surface area contributed by atoms with Crippen molar-refractivity contribution in [1.82, 2.24) is 4.90 Å². The van der Waals surface area contributed by atoms with Crippen molar-refractivity contribution < 1.29 is 18.7 Å². The van der Waals surface area contributed by atoms with Crippen molar-refractivity contribution in [1.29, 1.82) is 0 Å². The zero-order chi connectivity index (χ0) is 13.8. The zero-order valence-electron chi connectivity index (χ0n) is 10.6. The normalized spacial score (nSPS) is 19.3. The predicted molar refractivity (Wildman–Crippen MR) is 71.6 cm³/mol. The number of halogens is 2. The maximum atomic E-state index is 13.1. The topological polar surface area (TPSA) is 38.8 Å². The number of hydrogen-bond donors (Lipinski definition) is 0. The summed E-state index contributed by atoms with van der Waals surface area (Å²) in [5, 5.41) is 0. The van der Waals surface area contributed by atoms with Crippen molar-refractivity contribution in [2.24, 2.45) is 0 Å². The van der Waals surface area contributed by atoms with Crippen LogP contribution in [-0.2, 0) is 9.53 Å². The molecule has 6 heteroatoms. The van der Waals surface area contributed by atoms with Crippen molar-refractivity contribution in [2.45, 2.75) is 13.0 Å². The van der Waals surface area contributed by atoms with E-state index in [0.717, 1.165) is 0 Å². The summed E-state index contributed by atoms with van der Waals surface area (Å²) >= 11 is 3.25. The first-order valence-electron chi connectivity index (χ1n) is 6.03. The van der Waals surface area contributed by atoms with Crippen LogP contribution in [0.5, 0.6) is 5.75 Å². The average Bonchev–Trinajstić information content (AvgIpc) is 2.39. The molecule has 1 saturated heterocycles. The number of nitrogens with zero attached hydrogens (tertiary/aromatic N) is 1. The Morgan fingerprint density at radius 1 is 1.63 bits per heavy atom. The minimum Gasteiger partial charge on any atom is -0.482 e. The molecule has 0 aromatic heterocycles. The standard InChI is InChI=1S/C13H15BrFNO3/c1-9-7-16(4-5-18-9)13(17)8-19-12-6-10(15)2-3-11(12)14/h2-3,6,9H,4-5,7-8H2,1H3. The van der Waals surface area contributed by atoms with E-state index in [2.05, 4.69) is 15.9 Å². The van der Waals surface area contributed by atoms with Gasteiger partial charge in [-0.3, -0.25) is 4.79 Å². The minimum atomic E-state index is -0.398. The monoisotopic (exact) mass is 331 g/mol. The number of rotatable bonds is 3. The number of ether oxygens (including phenoxy) is 2. The molecular weight excluding hydrogens is 317 g/mol. The van der Waals surface area contributed by atoms with Gasteiger partial charge >= 0.3 is 0 Å². The molecule has 0 N–H and O–H groups in total. The summed E-state index contributed by atoms with van der Waals surface area (Å²) in [6, 6.07) is 4.12. The van der Waals surface area contributed by atoms with Crippen molar-refractivity contribution in [3.05, 3.63) is 28.5 Å². The highest BCUT2D eigenvalue weighted by molar-refractivity contribution is 9.10. The first-order chi connectivity index (χ1) is 9.06. The lowest BCUT2D eigenvalue weighted by Gasteiger charge is -2.31. The van der Waals surface area contributed by atoms with Gasteiger partial charge in [0.2, 0.25) is 0 Å². The van der Waals surface area contributed by atoms with Crippen LogP contribution in [0.4, 0.5) is 4.39 Å². The van der Waals surface area contributed by atoms with E-state index in [1.54, 1.807) is 11.0 Å². The molecule has 1 aromatic carbocycles. The lowest BCUT2D eigenvalue weighted by Crippen LogP contribution is -2.46. The van der Waals surface area contributed by atoms with Crippen LogP contribution in [-0.4, -0.2) is 43.2 Å². The summed E-state index contributed by atoms with van der Waals surface area (Å²) in [6.45, 7) is 3.48. The van der Waals surface area contributed by atoms with Gasteiger partial charge in [-0.25, -0.2) is 4.39 Å². The molecule has 2 rings (SSSR count). The molecule has 1 amide bonds. The van der Waals surface area contributed by atoms with E-state index in [1.807, 2.05) is 6.92 Å². The minimum absolute atomic E-state index is 0.0404. The second kappa shape index (κ2) is 6.34.